The third-order valence-corrected chi connectivity index (χ3v) is 4.46. The van der Waals surface area contributed by atoms with Crippen molar-refractivity contribution in [3.8, 4) is 17.0 Å². The maximum Gasteiger partial charge on any atom is 0.433 e. The van der Waals surface area contributed by atoms with Crippen molar-refractivity contribution in [1.29, 1.82) is 0 Å². The van der Waals surface area contributed by atoms with Gasteiger partial charge in [-0.1, -0.05) is 35.9 Å². The van der Waals surface area contributed by atoms with Crippen LogP contribution in [0.5, 0.6) is 5.75 Å². The Labute approximate surface area is 168 Å². The number of aromatic hydroxyl groups is 1. The highest BCUT2D eigenvalue weighted by molar-refractivity contribution is 6.08. The van der Waals surface area contributed by atoms with Crippen molar-refractivity contribution >= 4 is 17.2 Å². The molecule has 0 unspecified atom stereocenters. The first-order valence-corrected chi connectivity index (χ1v) is 8.86. The number of nitrogens with zero attached hydrogens (tertiary/aromatic N) is 3. The minimum atomic E-state index is -4.70. The summed E-state index contributed by atoms with van der Waals surface area (Å²) in [5.74, 6) is -0.760. The molecule has 2 heterocycles. The second-order valence-corrected chi connectivity index (χ2v) is 6.69. The topological polar surface area (TPSA) is 79.5 Å². The number of phenolic OH excluding ortho intramolecular Hbond substituents is 1. The fourth-order valence-corrected chi connectivity index (χ4v) is 2.98. The van der Waals surface area contributed by atoms with Crippen LogP contribution >= 0.6 is 0 Å². The molecule has 30 heavy (non-hydrogen) atoms. The summed E-state index contributed by atoms with van der Waals surface area (Å²) in [7, 11) is 0. The van der Waals surface area contributed by atoms with E-state index in [0.717, 1.165) is 17.8 Å². The highest BCUT2D eigenvalue weighted by Crippen LogP contribution is 2.33. The lowest BCUT2D eigenvalue weighted by atomic mass is 10.1. The van der Waals surface area contributed by atoms with Gasteiger partial charge in [-0.3, -0.25) is 4.79 Å². The van der Waals surface area contributed by atoms with Crippen LogP contribution in [-0.2, 0) is 6.18 Å². The van der Waals surface area contributed by atoms with Crippen LogP contribution in [0.3, 0.4) is 0 Å². The van der Waals surface area contributed by atoms with Gasteiger partial charge in [-0.25, -0.2) is 9.50 Å². The molecule has 0 atom stereocenters. The van der Waals surface area contributed by atoms with Gasteiger partial charge in [0.2, 0.25) is 0 Å². The Morgan fingerprint density at radius 2 is 1.83 bits per heavy atom. The summed E-state index contributed by atoms with van der Waals surface area (Å²) >= 11 is 0. The van der Waals surface area contributed by atoms with Crippen molar-refractivity contribution in [1.82, 2.24) is 14.6 Å². The molecule has 0 saturated heterocycles. The lowest BCUT2D eigenvalue weighted by Gasteiger charge is -2.12. The number of anilines is 1. The number of rotatable bonds is 3. The van der Waals surface area contributed by atoms with Gasteiger partial charge in [0.05, 0.1) is 11.9 Å². The number of benzene rings is 2. The Bertz CT molecular complexity index is 1250. The van der Waals surface area contributed by atoms with Gasteiger partial charge in [0, 0.05) is 17.3 Å². The molecule has 0 aliphatic heterocycles. The zero-order valence-electron chi connectivity index (χ0n) is 15.6. The summed E-state index contributed by atoms with van der Waals surface area (Å²) < 4.78 is 41.6. The largest absolute Gasteiger partial charge is 0.508 e. The number of alkyl halides is 3. The number of nitrogens with one attached hydrogen (secondary N) is 1. The zero-order chi connectivity index (χ0) is 21.5. The number of aryl methyl sites for hydroxylation is 1. The van der Waals surface area contributed by atoms with Gasteiger partial charge >= 0.3 is 6.18 Å². The summed E-state index contributed by atoms with van der Waals surface area (Å²) in [6, 6.07) is 13.6. The molecule has 0 aliphatic rings. The summed E-state index contributed by atoms with van der Waals surface area (Å²) in [6.45, 7) is 1.86. The number of carbonyl (C=O) groups excluding carboxylic acids is 1. The monoisotopic (exact) mass is 412 g/mol. The Morgan fingerprint density at radius 3 is 2.50 bits per heavy atom. The van der Waals surface area contributed by atoms with E-state index in [9.17, 15) is 23.1 Å². The fraction of sp³-hybridized carbons (Fsp3) is 0.0952. The highest BCUT2D eigenvalue weighted by atomic mass is 19.4. The number of phenols is 1. The normalized spacial score (nSPS) is 11.6. The maximum atomic E-state index is 13.7. The van der Waals surface area contributed by atoms with Gasteiger partial charge < -0.3 is 10.4 Å². The number of halogens is 3. The lowest BCUT2D eigenvalue weighted by Crippen LogP contribution is -2.15. The van der Waals surface area contributed by atoms with Crippen LogP contribution in [-0.4, -0.2) is 25.6 Å². The van der Waals surface area contributed by atoms with Crippen molar-refractivity contribution in [2.75, 3.05) is 5.32 Å². The van der Waals surface area contributed by atoms with Gasteiger partial charge in [0.1, 0.15) is 11.3 Å². The molecule has 6 nitrogen and oxygen atoms in total. The highest BCUT2D eigenvalue weighted by Gasteiger charge is 2.36. The molecule has 152 valence electrons. The van der Waals surface area contributed by atoms with E-state index in [4.69, 9.17) is 0 Å². The second-order valence-electron chi connectivity index (χ2n) is 6.69. The summed E-state index contributed by atoms with van der Waals surface area (Å²) in [5, 5.41) is 15.8. The molecular formula is C21H15F3N4O2. The van der Waals surface area contributed by atoms with Crippen LogP contribution in [0.15, 0.2) is 60.8 Å². The quantitative estimate of drug-likeness (QED) is 0.512. The maximum absolute atomic E-state index is 13.7. The van der Waals surface area contributed by atoms with Crippen LogP contribution in [0.4, 0.5) is 18.9 Å². The Kier molecular flexibility index (Phi) is 4.65. The van der Waals surface area contributed by atoms with Crippen molar-refractivity contribution in [2.24, 2.45) is 0 Å². The minimum Gasteiger partial charge on any atom is -0.508 e. The zero-order valence-corrected chi connectivity index (χ0v) is 15.6. The molecule has 2 aromatic carbocycles. The molecule has 0 spiro atoms. The molecular weight excluding hydrogens is 397 g/mol. The molecule has 9 heteroatoms. The molecule has 2 N–H and O–H groups in total. The first-order chi connectivity index (χ1) is 14.2. The predicted octanol–water partition coefficient (Wildman–Crippen LogP) is 4.68. The SMILES string of the molecule is Cc1ccc(-c2cc(C(F)(F)F)n3ncc(C(=O)Nc4cccc(O)c4)c3n2)cc1. The van der Waals surface area contributed by atoms with E-state index in [1.54, 1.807) is 24.3 Å². The van der Waals surface area contributed by atoms with Crippen molar-refractivity contribution in [2.45, 2.75) is 13.1 Å². The van der Waals surface area contributed by atoms with Gasteiger partial charge in [-0.15, -0.1) is 0 Å². The predicted molar refractivity (Wildman–Crippen MR) is 104 cm³/mol. The minimum absolute atomic E-state index is 0.0631. The first-order valence-electron chi connectivity index (χ1n) is 8.86. The van der Waals surface area contributed by atoms with Gasteiger partial charge in [-0.05, 0) is 25.1 Å². The van der Waals surface area contributed by atoms with E-state index in [1.165, 1.54) is 24.3 Å². The molecule has 0 bridgehead atoms. The van der Waals surface area contributed by atoms with Crippen LogP contribution in [0.25, 0.3) is 16.9 Å². The van der Waals surface area contributed by atoms with Gasteiger partial charge in [0.25, 0.3) is 5.91 Å². The molecule has 1 amide bonds. The third kappa shape index (κ3) is 3.69. The van der Waals surface area contributed by atoms with E-state index in [1.807, 2.05) is 6.92 Å². The van der Waals surface area contributed by atoms with E-state index < -0.39 is 17.8 Å². The molecule has 0 saturated carbocycles. The van der Waals surface area contributed by atoms with Crippen molar-refractivity contribution in [3.63, 3.8) is 0 Å². The van der Waals surface area contributed by atoms with Crippen LogP contribution in [0.2, 0.25) is 0 Å². The average Bonchev–Trinajstić information content (AvgIpc) is 3.11. The Hall–Kier alpha value is -3.88. The van der Waals surface area contributed by atoms with Crippen LogP contribution in [0, 0.1) is 6.92 Å². The summed E-state index contributed by atoms with van der Waals surface area (Å²) in [6.07, 6.45) is -3.67. The van der Waals surface area contributed by atoms with E-state index in [0.29, 0.717) is 10.1 Å². The number of hydrogen-bond donors (Lipinski definition) is 2. The van der Waals surface area contributed by atoms with Crippen molar-refractivity contribution in [3.05, 3.63) is 77.6 Å². The number of fused-ring (bicyclic) bond motifs is 1. The van der Waals surface area contributed by atoms with Crippen LogP contribution in [0.1, 0.15) is 21.6 Å². The molecule has 2 aromatic heterocycles. The van der Waals surface area contributed by atoms with Gasteiger partial charge in [0.15, 0.2) is 11.3 Å². The fourth-order valence-electron chi connectivity index (χ4n) is 2.98. The van der Waals surface area contributed by atoms with Crippen LogP contribution < -0.4 is 5.32 Å². The van der Waals surface area contributed by atoms with E-state index in [2.05, 4.69) is 15.4 Å². The lowest BCUT2D eigenvalue weighted by molar-refractivity contribution is -0.142. The van der Waals surface area contributed by atoms with Crippen molar-refractivity contribution < 1.29 is 23.1 Å². The smallest absolute Gasteiger partial charge is 0.433 e. The number of hydrogen-bond acceptors (Lipinski definition) is 4. The second kappa shape index (κ2) is 7.18. The molecule has 0 fully saturated rings. The standard InChI is InChI=1S/C21H15F3N4O2/c1-12-5-7-13(8-6-12)17-10-18(21(22,23)24)28-19(27-17)16(11-25-28)20(30)26-14-3-2-4-15(29)9-14/h2-11,29H,1H3,(H,26,30). The number of carbonyl (C=O) groups is 1. The Morgan fingerprint density at radius 1 is 1.10 bits per heavy atom. The van der Waals surface area contributed by atoms with Gasteiger partial charge in [-0.2, -0.15) is 18.3 Å². The third-order valence-electron chi connectivity index (χ3n) is 4.46. The number of amides is 1. The average molecular weight is 412 g/mol. The molecule has 4 rings (SSSR count). The number of aromatic nitrogens is 3. The molecule has 0 radical (unpaired) electrons. The Balaban J connectivity index is 1.84. The molecule has 0 aliphatic carbocycles. The molecule has 4 aromatic rings. The summed E-state index contributed by atoms with van der Waals surface area (Å²) in [4.78, 5) is 17.0. The summed E-state index contributed by atoms with van der Waals surface area (Å²) in [5.41, 5.74) is 0.391. The first kappa shape index (κ1) is 19.4. The van der Waals surface area contributed by atoms with E-state index in [-0.39, 0.29) is 28.3 Å². The van der Waals surface area contributed by atoms with E-state index >= 15 is 0 Å².